The molecular formula is C18H32N2O. The van der Waals surface area contributed by atoms with Gasteiger partial charge in [0.15, 0.2) is 0 Å². The van der Waals surface area contributed by atoms with Gasteiger partial charge in [-0.3, -0.25) is 0 Å². The van der Waals surface area contributed by atoms with Crippen molar-refractivity contribution in [3.63, 3.8) is 0 Å². The fourth-order valence-corrected chi connectivity index (χ4v) is 2.55. The molecule has 2 atom stereocenters. The van der Waals surface area contributed by atoms with E-state index in [9.17, 15) is 0 Å². The molecule has 0 heterocycles. The predicted octanol–water partition coefficient (Wildman–Crippen LogP) is 3.33. The summed E-state index contributed by atoms with van der Waals surface area (Å²) in [6.07, 6.45) is 2.19. The number of hydrogen-bond acceptors (Lipinski definition) is 3. The van der Waals surface area contributed by atoms with Crippen molar-refractivity contribution >= 4 is 0 Å². The summed E-state index contributed by atoms with van der Waals surface area (Å²) in [5.74, 6) is 0.992. The molecule has 0 fully saturated rings. The van der Waals surface area contributed by atoms with Gasteiger partial charge in [-0.2, -0.15) is 0 Å². The Bertz CT molecular complexity index is 406. The van der Waals surface area contributed by atoms with Gasteiger partial charge in [-0.25, -0.2) is 0 Å². The van der Waals surface area contributed by atoms with E-state index in [1.165, 1.54) is 12.0 Å². The number of nitrogens with zero attached hydrogens (tertiary/aromatic N) is 1. The molecule has 2 unspecified atom stereocenters. The molecule has 1 aromatic carbocycles. The summed E-state index contributed by atoms with van der Waals surface area (Å²) in [6, 6.07) is 9.94. The van der Waals surface area contributed by atoms with Crippen molar-refractivity contribution in [3.05, 3.63) is 29.8 Å². The molecule has 0 amide bonds. The van der Waals surface area contributed by atoms with Crippen molar-refractivity contribution in [2.75, 3.05) is 20.7 Å². The molecule has 1 N–H and O–H groups in total. The Morgan fingerprint density at radius 2 is 1.76 bits per heavy atom. The number of methoxy groups -OCH3 is 1. The predicted molar refractivity (Wildman–Crippen MR) is 91.1 cm³/mol. The van der Waals surface area contributed by atoms with Gasteiger partial charge in [0.05, 0.1) is 7.11 Å². The molecular weight excluding hydrogens is 260 g/mol. The summed E-state index contributed by atoms with van der Waals surface area (Å²) in [5.41, 5.74) is 1.28. The minimum atomic E-state index is 0.496. The molecule has 0 saturated carbocycles. The monoisotopic (exact) mass is 292 g/mol. The van der Waals surface area contributed by atoms with Gasteiger partial charge in [-0.1, -0.05) is 32.0 Å². The Morgan fingerprint density at radius 1 is 1.10 bits per heavy atom. The summed E-state index contributed by atoms with van der Waals surface area (Å²) >= 11 is 0. The second-order valence-electron chi connectivity index (χ2n) is 6.28. The Kier molecular flexibility index (Phi) is 7.76. The van der Waals surface area contributed by atoms with E-state index in [1.807, 2.05) is 12.1 Å². The first-order valence-electron chi connectivity index (χ1n) is 8.03. The normalized spacial score (nSPS) is 14.5. The van der Waals surface area contributed by atoms with Crippen LogP contribution in [0.3, 0.4) is 0 Å². The fourth-order valence-electron chi connectivity index (χ4n) is 2.55. The molecule has 0 radical (unpaired) electrons. The van der Waals surface area contributed by atoms with E-state index in [0.29, 0.717) is 18.1 Å². The minimum Gasteiger partial charge on any atom is -0.496 e. The molecule has 120 valence electrons. The van der Waals surface area contributed by atoms with Gasteiger partial charge in [0.2, 0.25) is 0 Å². The summed E-state index contributed by atoms with van der Waals surface area (Å²) in [6.45, 7) is 10.1. The minimum absolute atomic E-state index is 0.496. The number of ether oxygens (including phenoxy) is 1. The van der Waals surface area contributed by atoms with Crippen LogP contribution in [-0.2, 0) is 6.42 Å². The second kappa shape index (κ2) is 9.06. The van der Waals surface area contributed by atoms with Crippen LogP contribution in [0.5, 0.6) is 5.75 Å². The number of para-hydroxylation sites is 1. The van der Waals surface area contributed by atoms with E-state index < -0.39 is 0 Å². The van der Waals surface area contributed by atoms with Crippen LogP contribution in [-0.4, -0.2) is 43.7 Å². The fraction of sp³-hybridized carbons (Fsp3) is 0.667. The zero-order chi connectivity index (χ0) is 15.8. The van der Waals surface area contributed by atoms with E-state index in [2.05, 4.69) is 57.1 Å². The van der Waals surface area contributed by atoms with E-state index >= 15 is 0 Å². The van der Waals surface area contributed by atoms with Crippen LogP contribution in [0.15, 0.2) is 24.3 Å². The molecule has 0 aliphatic carbocycles. The number of likely N-dealkylation sites (N-methyl/N-ethyl adjacent to an activating group) is 1. The molecule has 3 nitrogen and oxygen atoms in total. The molecule has 3 heteroatoms. The summed E-state index contributed by atoms with van der Waals surface area (Å²) < 4.78 is 5.45. The van der Waals surface area contributed by atoms with Crippen LogP contribution in [0.2, 0.25) is 0 Å². The molecule has 0 spiro atoms. The Balaban J connectivity index is 2.51. The highest BCUT2D eigenvalue weighted by Gasteiger charge is 2.17. The van der Waals surface area contributed by atoms with Crippen molar-refractivity contribution in [3.8, 4) is 5.75 Å². The Labute approximate surface area is 130 Å². The highest BCUT2D eigenvalue weighted by atomic mass is 16.5. The zero-order valence-corrected chi connectivity index (χ0v) is 14.5. The van der Waals surface area contributed by atoms with Gasteiger partial charge in [0.1, 0.15) is 5.75 Å². The molecule has 0 saturated heterocycles. The third-order valence-corrected chi connectivity index (χ3v) is 4.21. The maximum Gasteiger partial charge on any atom is 0.122 e. The van der Waals surface area contributed by atoms with Crippen LogP contribution in [0.1, 0.15) is 39.7 Å². The third kappa shape index (κ3) is 6.06. The largest absolute Gasteiger partial charge is 0.496 e. The molecule has 21 heavy (non-hydrogen) atoms. The number of nitrogens with one attached hydrogen (secondary N) is 1. The first-order chi connectivity index (χ1) is 9.95. The quantitative estimate of drug-likeness (QED) is 0.755. The first-order valence-corrected chi connectivity index (χ1v) is 8.03. The van der Waals surface area contributed by atoms with E-state index in [-0.39, 0.29) is 0 Å². The number of hydrogen-bond donors (Lipinski definition) is 1. The van der Waals surface area contributed by atoms with Crippen molar-refractivity contribution in [1.29, 1.82) is 0 Å². The van der Waals surface area contributed by atoms with E-state index in [4.69, 9.17) is 4.74 Å². The number of benzene rings is 1. The van der Waals surface area contributed by atoms with Crippen molar-refractivity contribution < 1.29 is 4.74 Å². The summed E-state index contributed by atoms with van der Waals surface area (Å²) in [5, 5.41) is 3.49. The molecule has 0 bridgehead atoms. The lowest BCUT2D eigenvalue weighted by atomic mass is 10.0. The SMILES string of the molecule is COc1ccccc1CC(C)N(C)C(C)CCNC(C)C. The van der Waals surface area contributed by atoms with E-state index in [0.717, 1.165) is 18.7 Å². The van der Waals surface area contributed by atoms with Crippen LogP contribution in [0.4, 0.5) is 0 Å². The Morgan fingerprint density at radius 3 is 2.38 bits per heavy atom. The van der Waals surface area contributed by atoms with Gasteiger partial charge >= 0.3 is 0 Å². The third-order valence-electron chi connectivity index (χ3n) is 4.21. The van der Waals surface area contributed by atoms with Crippen LogP contribution >= 0.6 is 0 Å². The lowest BCUT2D eigenvalue weighted by Crippen LogP contribution is -2.40. The average molecular weight is 292 g/mol. The second-order valence-corrected chi connectivity index (χ2v) is 6.28. The van der Waals surface area contributed by atoms with Gasteiger partial charge in [0, 0.05) is 18.1 Å². The molecule has 1 aromatic rings. The van der Waals surface area contributed by atoms with Crippen LogP contribution < -0.4 is 10.1 Å². The topological polar surface area (TPSA) is 24.5 Å². The first kappa shape index (κ1) is 18.0. The van der Waals surface area contributed by atoms with Gasteiger partial charge in [0.25, 0.3) is 0 Å². The lowest BCUT2D eigenvalue weighted by Gasteiger charge is -2.31. The lowest BCUT2D eigenvalue weighted by molar-refractivity contribution is 0.184. The van der Waals surface area contributed by atoms with Crippen molar-refractivity contribution in [1.82, 2.24) is 10.2 Å². The summed E-state index contributed by atoms with van der Waals surface area (Å²) in [7, 11) is 3.97. The average Bonchev–Trinajstić information content (AvgIpc) is 2.46. The zero-order valence-electron chi connectivity index (χ0n) is 14.5. The highest BCUT2D eigenvalue weighted by Crippen LogP contribution is 2.21. The number of rotatable bonds is 9. The van der Waals surface area contributed by atoms with Crippen molar-refractivity contribution in [2.45, 2.75) is 58.7 Å². The maximum atomic E-state index is 5.45. The summed E-state index contributed by atoms with van der Waals surface area (Å²) in [4.78, 5) is 2.47. The molecule has 0 aromatic heterocycles. The smallest absolute Gasteiger partial charge is 0.122 e. The van der Waals surface area contributed by atoms with Gasteiger partial charge in [-0.05, 0) is 51.9 Å². The standard InChI is InChI=1S/C18H32N2O/c1-14(2)19-12-11-15(3)20(5)16(4)13-17-9-7-8-10-18(17)21-6/h7-10,14-16,19H,11-13H2,1-6H3. The van der Waals surface area contributed by atoms with E-state index in [1.54, 1.807) is 7.11 Å². The van der Waals surface area contributed by atoms with Crippen LogP contribution in [0.25, 0.3) is 0 Å². The van der Waals surface area contributed by atoms with Gasteiger partial charge < -0.3 is 15.0 Å². The Hall–Kier alpha value is -1.06. The maximum absolute atomic E-state index is 5.45. The van der Waals surface area contributed by atoms with Crippen molar-refractivity contribution in [2.24, 2.45) is 0 Å². The van der Waals surface area contributed by atoms with Crippen LogP contribution in [0, 0.1) is 0 Å². The molecule has 1 rings (SSSR count). The highest BCUT2D eigenvalue weighted by molar-refractivity contribution is 5.33. The molecule has 0 aliphatic rings. The van der Waals surface area contributed by atoms with Gasteiger partial charge in [-0.15, -0.1) is 0 Å². The molecule has 0 aliphatic heterocycles.